The quantitative estimate of drug-likeness (QED) is 0.115. The molecule has 0 aliphatic carbocycles. The number of allylic oxidation sites excluding steroid dienone is 2. The lowest BCUT2D eigenvalue weighted by Crippen LogP contribution is -2.17. The van der Waals surface area contributed by atoms with E-state index in [1.807, 2.05) is 0 Å². The zero-order valence-electron chi connectivity index (χ0n) is 19.0. The second kappa shape index (κ2) is 18.8. The van der Waals surface area contributed by atoms with Crippen molar-refractivity contribution in [2.75, 3.05) is 0 Å². The first kappa shape index (κ1) is 26.5. The fraction of sp³-hybridized carbons (Fsp3) is 0.840. The van der Waals surface area contributed by atoms with Crippen molar-refractivity contribution < 1.29 is 5.11 Å². The average Bonchev–Trinajstić information content (AvgIpc) is 2.62. The number of aliphatic hydroxyl groups excluding tert-OH is 1. The maximum atomic E-state index is 9.88. The van der Waals surface area contributed by atoms with Gasteiger partial charge < -0.3 is 5.11 Å². The minimum Gasteiger partial charge on any atom is -0.380 e. The molecule has 0 aliphatic heterocycles. The molecule has 0 saturated heterocycles. The van der Waals surface area contributed by atoms with Crippen molar-refractivity contribution in [3.8, 4) is 11.5 Å². The van der Waals surface area contributed by atoms with E-state index in [4.69, 9.17) is 0 Å². The first-order chi connectivity index (χ1) is 13.0. The van der Waals surface area contributed by atoms with Crippen LogP contribution in [0.3, 0.4) is 0 Å². The summed E-state index contributed by atoms with van der Waals surface area (Å²) in [5, 5.41) is 9.88. The molecule has 27 heavy (non-hydrogen) atoms. The van der Waals surface area contributed by atoms with Crippen LogP contribution in [0.15, 0.2) is 12.2 Å². The van der Waals surface area contributed by atoms with Crippen molar-refractivity contribution in [1.82, 2.24) is 0 Å². The SMILES string of the molecule is CCCCCCCC/C=C/CCCCCCCCC[C@H](O)C#C[Si](C)(C)C. The Morgan fingerprint density at radius 1 is 0.704 bits per heavy atom. The number of hydrogen-bond donors (Lipinski definition) is 1. The summed E-state index contributed by atoms with van der Waals surface area (Å²) in [5.74, 6) is 3.04. The van der Waals surface area contributed by atoms with Gasteiger partial charge in [0, 0.05) is 0 Å². The van der Waals surface area contributed by atoms with Gasteiger partial charge in [0.25, 0.3) is 0 Å². The van der Waals surface area contributed by atoms with Crippen molar-refractivity contribution in [1.29, 1.82) is 0 Å². The third-order valence-electron chi connectivity index (χ3n) is 4.85. The monoisotopic (exact) mass is 392 g/mol. The Labute approximate surface area is 172 Å². The van der Waals surface area contributed by atoms with Crippen molar-refractivity contribution in [3.63, 3.8) is 0 Å². The van der Waals surface area contributed by atoms with Gasteiger partial charge in [-0.15, -0.1) is 5.54 Å². The number of aliphatic hydroxyl groups is 1. The summed E-state index contributed by atoms with van der Waals surface area (Å²) >= 11 is 0. The highest BCUT2D eigenvalue weighted by Crippen LogP contribution is 2.12. The molecule has 0 radical (unpaired) electrons. The van der Waals surface area contributed by atoms with E-state index < -0.39 is 14.2 Å². The molecule has 0 bridgehead atoms. The van der Waals surface area contributed by atoms with E-state index in [0.717, 1.165) is 12.8 Å². The molecule has 1 nitrogen and oxygen atoms in total. The van der Waals surface area contributed by atoms with Crippen LogP contribution >= 0.6 is 0 Å². The highest BCUT2D eigenvalue weighted by Gasteiger charge is 2.08. The van der Waals surface area contributed by atoms with Crippen LogP contribution in [0, 0.1) is 11.5 Å². The van der Waals surface area contributed by atoms with Crippen LogP contribution in [0.5, 0.6) is 0 Å². The van der Waals surface area contributed by atoms with Gasteiger partial charge in [-0.3, -0.25) is 0 Å². The van der Waals surface area contributed by atoms with Gasteiger partial charge in [0.1, 0.15) is 14.2 Å². The van der Waals surface area contributed by atoms with E-state index >= 15 is 0 Å². The molecule has 0 aromatic heterocycles. The zero-order chi connectivity index (χ0) is 20.2. The Bertz CT molecular complexity index is 397. The van der Waals surface area contributed by atoms with Crippen molar-refractivity contribution in [2.24, 2.45) is 0 Å². The van der Waals surface area contributed by atoms with Crippen LogP contribution in [0.2, 0.25) is 19.6 Å². The highest BCUT2D eigenvalue weighted by atomic mass is 28.3. The Kier molecular flexibility index (Phi) is 18.5. The van der Waals surface area contributed by atoms with E-state index in [1.165, 1.54) is 89.9 Å². The lowest BCUT2D eigenvalue weighted by Gasteiger charge is -2.07. The lowest BCUT2D eigenvalue weighted by molar-refractivity contribution is 0.217. The van der Waals surface area contributed by atoms with Crippen LogP contribution in [-0.4, -0.2) is 19.3 Å². The average molecular weight is 393 g/mol. The molecule has 0 aliphatic rings. The van der Waals surface area contributed by atoms with Gasteiger partial charge in [-0.05, 0) is 38.5 Å². The molecule has 158 valence electrons. The summed E-state index contributed by atoms with van der Waals surface area (Å²) in [6, 6.07) is 0. The normalized spacial score (nSPS) is 12.9. The van der Waals surface area contributed by atoms with Crippen molar-refractivity contribution >= 4 is 8.07 Å². The van der Waals surface area contributed by atoms with E-state index in [2.05, 4.69) is 50.2 Å². The van der Waals surface area contributed by atoms with E-state index in [0.29, 0.717) is 0 Å². The zero-order valence-corrected chi connectivity index (χ0v) is 20.0. The fourth-order valence-corrected chi connectivity index (χ4v) is 3.73. The minimum absolute atomic E-state index is 0.403. The highest BCUT2D eigenvalue weighted by molar-refractivity contribution is 6.83. The van der Waals surface area contributed by atoms with Crippen LogP contribution in [0.1, 0.15) is 110 Å². The molecule has 0 fully saturated rings. The van der Waals surface area contributed by atoms with E-state index in [-0.39, 0.29) is 0 Å². The second-order valence-electron chi connectivity index (χ2n) is 9.12. The topological polar surface area (TPSA) is 20.2 Å². The molecular weight excluding hydrogens is 344 g/mol. The standard InChI is InChI=1S/C25H48OSi/c1-5-6-7-8-9-10-11-12-13-14-15-16-17-18-19-20-21-22-25(26)23-24-27(2,3)4/h12-13,25-26H,5-11,14-22H2,1-4H3/b13-12+/t25-/m0/s1. The van der Waals surface area contributed by atoms with E-state index in [1.54, 1.807) is 0 Å². The maximum Gasteiger partial charge on any atom is 0.129 e. The number of rotatable bonds is 17. The van der Waals surface area contributed by atoms with Gasteiger partial charge in [-0.25, -0.2) is 0 Å². The van der Waals surface area contributed by atoms with Gasteiger partial charge in [-0.1, -0.05) is 109 Å². The summed E-state index contributed by atoms with van der Waals surface area (Å²) in [6.07, 6.45) is 25.2. The molecule has 0 amide bonds. The first-order valence-electron chi connectivity index (χ1n) is 11.8. The summed E-state index contributed by atoms with van der Waals surface area (Å²) in [5.41, 5.74) is 3.26. The Balaban J connectivity index is 3.29. The van der Waals surface area contributed by atoms with Gasteiger partial charge in [-0.2, -0.15) is 0 Å². The summed E-state index contributed by atoms with van der Waals surface area (Å²) < 4.78 is 0. The van der Waals surface area contributed by atoms with Gasteiger partial charge >= 0.3 is 0 Å². The number of hydrogen-bond acceptors (Lipinski definition) is 1. The summed E-state index contributed by atoms with van der Waals surface area (Å²) in [4.78, 5) is 0. The maximum absolute atomic E-state index is 9.88. The number of unbranched alkanes of at least 4 members (excludes halogenated alkanes) is 13. The van der Waals surface area contributed by atoms with Crippen LogP contribution < -0.4 is 0 Å². The third-order valence-corrected chi connectivity index (χ3v) is 5.75. The molecule has 0 aromatic rings. The predicted octanol–water partition coefficient (Wildman–Crippen LogP) is 8.05. The smallest absolute Gasteiger partial charge is 0.129 e. The van der Waals surface area contributed by atoms with Gasteiger partial charge in [0.05, 0.1) is 0 Å². The molecule has 0 unspecified atom stereocenters. The molecule has 2 heteroatoms. The lowest BCUT2D eigenvalue weighted by atomic mass is 10.1. The molecule has 0 spiro atoms. The van der Waals surface area contributed by atoms with Gasteiger partial charge in [0.15, 0.2) is 0 Å². The van der Waals surface area contributed by atoms with Crippen molar-refractivity contribution in [3.05, 3.63) is 12.2 Å². The van der Waals surface area contributed by atoms with Crippen LogP contribution in [0.25, 0.3) is 0 Å². The Morgan fingerprint density at radius 3 is 1.63 bits per heavy atom. The molecule has 0 saturated carbocycles. The van der Waals surface area contributed by atoms with E-state index in [9.17, 15) is 5.11 Å². The fourth-order valence-electron chi connectivity index (χ4n) is 3.13. The van der Waals surface area contributed by atoms with Gasteiger partial charge in [0.2, 0.25) is 0 Å². The third kappa shape index (κ3) is 23.4. The van der Waals surface area contributed by atoms with Crippen molar-refractivity contribution in [2.45, 2.75) is 135 Å². The van der Waals surface area contributed by atoms with Crippen LogP contribution in [-0.2, 0) is 0 Å². The van der Waals surface area contributed by atoms with Crippen LogP contribution in [0.4, 0.5) is 0 Å². The molecule has 0 aromatic carbocycles. The Morgan fingerprint density at radius 2 is 1.15 bits per heavy atom. The predicted molar refractivity (Wildman–Crippen MR) is 126 cm³/mol. The molecule has 0 heterocycles. The molecule has 1 atom stereocenters. The largest absolute Gasteiger partial charge is 0.380 e. The summed E-state index contributed by atoms with van der Waals surface area (Å²) in [6.45, 7) is 8.94. The molecular formula is C25H48OSi. The first-order valence-corrected chi connectivity index (χ1v) is 15.3. The molecule has 1 N–H and O–H groups in total. The molecule has 0 rings (SSSR count). The Hall–Kier alpha value is -0.523. The minimum atomic E-state index is -1.34. The summed E-state index contributed by atoms with van der Waals surface area (Å²) in [7, 11) is -1.34. The second-order valence-corrected chi connectivity index (χ2v) is 13.9.